The van der Waals surface area contributed by atoms with Crippen LogP contribution in [0.4, 0.5) is 13.2 Å². The van der Waals surface area contributed by atoms with Crippen LogP contribution >= 0.6 is 0 Å². The van der Waals surface area contributed by atoms with Gasteiger partial charge in [-0.05, 0) is 63.7 Å². The molecule has 6 rings (SSSR count). The summed E-state index contributed by atoms with van der Waals surface area (Å²) in [6.45, 7) is 3.59. The van der Waals surface area contributed by atoms with Crippen LogP contribution in [0.15, 0.2) is 43.0 Å². The minimum atomic E-state index is -4.81. The quantitative estimate of drug-likeness (QED) is 0.459. The number of carbonyl (C=O) groups is 1. The normalized spacial score (nSPS) is 19.2. The summed E-state index contributed by atoms with van der Waals surface area (Å²) in [5, 5.41) is 4.79. The molecule has 1 amide bonds. The Kier molecular flexibility index (Phi) is 6.55. The van der Waals surface area contributed by atoms with E-state index in [2.05, 4.69) is 19.6 Å². The van der Waals surface area contributed by atoms with Crippen LogP contribution in [0.25, 0.3) is 16.9 Å². The number of alkyl halides is 3. The molecular weight excluding hydrogens is 497 g/mol. The van der Waals surface area contributed by atoms with Gasteiger partial charge in [0.15, 0.2) is 0 Å². The van der Waals surface area contributed by atoms with Crippen molar-refractivity contribution >= 4 is 5.91 Å². The molecular formula is C27H29F3N6O2. The van der Waals surface area contributed by atoms with Crippen LogP contribution in [0.2, 0.25) is 0 Å². The van der Waals surface area contributed by atoms with E-state index in [1.165, 1.54) is 37.4 Å². The zero-order chi connectivity index (χ0) is 26.3. The lowest BCUT2D eigenvalue weighted by atomic mass is 10.00. The third kappa shape index (κ3) is 5.11. The molecule has 2 aromatic heterocycles. The Hall–Kier alpha value is -3.47. The highest BCUT2D eigenvalue weighted by Crippen LogP contribution is 2.45. The summed E-state index contributed by atoms with van der Waals surface area (Å²) < 4.78 is 44.5. The SMILES string of the molecule is O=C(c1c(-c2cncnc2)nn(-c2cccc(OC(F)(F)F)c2)c1C1CC1)N1CCC(N2CCCC2)CC1. The summed E-state index contributed by atoms with van der Waals surface area (Å²) in [6.07, 6.45) is 5.91. The summed E-state index contributed by atoms with van der Waals surface area (Å²) in [5.74, 6) is -0.345. The van der Waals surface area contributed by atoms with Gasteiger partial charge < -0.3 is 14.5 Å². The summed E-state index contributed by atoms with van der Waals surface area (Å²) in [4.78, 5) is 26.8. The molecule has 1 saturated carbocycles. The minimum Gasteiger partial charge on any atom is -0.406 e. The molecule has 0 radical (unpaired) electrons. The van der Waals surface area contributed by atoms with Gasteiger partial charge in [0.2, 0.25) is 0 Å². The Morgan fingerprint density at radius 1 is 0.974 bits per heavy atom. The number of likely N-dealkylation sites (tertiary alicyclic amines) is 2. The van der Waals surface area contributed by atoms with Gasteiger partial charge in [-0.2, -0.15) is 5.10 Å². The van der Waals surface area contributed by atoms with Crippen molar-refractivity contribution in [1.82, 2.24) is 29.5 Å². The second-order valence-electron chi connectivity index (χ2n) is 10.2. The van der Waals surface area contributed by atoms with Gasteiger partial charge >= 0.3 is 6.36 Å². The fourth-order valence-electron chi connectivity index (χ4n) is 5.71. The van der Waals surface area contributed by atoms with Crippen LogP contribution < -0.4 is 4.74 Å². The van der Waals surface area contributed by atoms with Crippen LogP contribution in [0.1, 0.15) is 60.5 Å². The number of piperidine rings is 1. The molecule has 200 valence electrons. The minimum absolute atomic E-state index is 0.0918. The average Bonchev–Trinajstić information content (AvgIpc) is 3.44. The molecule has 1 aliphatic carbocycles. The molecule has 38 heavy (non-hydrogen) atoms. The van der Waals surface area contributed by atoms with E-state index in [1.807, 2.05) is 4.90 Å². The molecule has 2 saturated heterocycles. The first-order chi connectivity index (χ1) is 18.4. The number of hydrogen-bond acceptors (Lipinski definition) is 6. The van der Waals surface area contributed by atoms with Crippen molar-refractivity contribution in [2.75, 3.05) is 26.2 Å². The predicted molar refractivity (Wildman–Crippen MR) is 133 cm³/mol. The smallest absolute Gasteiger partial charge is 0.406 e. The van der Waals surface area contributed by atoms with Gasteiger partial charge in [0, 0.05) is 49.1 Å². The number of rotatable bonds is 6. The molecule has 8 nitrogen and oxygen atoms in total. The third-order valence-electron chi connectivity index (χ3n) is 7.64. The molecule has 0 unspecified atom stereocenters. The molecule has 3 aliphatic rings. The number of aromatic nitrogens is 4. The van der Waals surface area contributed by atoms with Crippen molar-refractivity contribution in [3.8, 4) is 22.7 Å². The zero-order valence-electron chi connectivity index (χ0n) is 20.9. The fraction of sp³-hybridized carbons (Fsp3) is 0.481. The van der Waals surface area contributed by atoms with Crippen LogP contribution in [-0.2, 0) is 0 Å². The number of benzene rings is 1. The lowest BCUT2D eigenvalue weighted by Crippen LogP contribution is -2.46. The molecule has 3 aromatic rings. The van der Waals surface area contributed by atoms with E-state index in [0.29, 0.717) is 41.6 Å². The Morgan fingerprint density at radius 2 is 1.68 bits per heavy atom. The van der Waals surface area contributed by atoms with Gasteiger partial charge in [-0.15, -0.1) is 13.2 Å². The van der Waals surface area contributed by atoms with Crippen LogP contribution in [-0.4, -0.2) is 74.0 Å². The lowest BCUT2D eigenvalue weighted by molar-refractivity contribution is -0.274. The van der Waals surface area contributed by atoms with E-state index in [4.69, 9.17) is 5.10 Å². The fourth-order valence-corrected chi connectivity index (χ4v) is 5.71. The first-order valence-corrected chi connectivity index (χ1v) is 13.2. The van der Waals surface area contributed by atoms with Crippen molar-refractivity contribution in [2.45, 2.75) is 56.8 Å². The number of halogens is 3. The van der Waals surface area contributed by atoms with Crippen molar-refractivity contribution in [1.29, 1.82) is 0 Å². The number of carbonyl (C=O) groups excluding carboxylic acids is 1. The summed E-state index contributed by atoms with van der Waals surface area (Å²) in [7, 11) is 0. The van der Waals surface area contributed by atoms with Crippen molar-refractivity contribution in [2.24, 2.45) is 0 Å². The summed E-state index contributed by atoms with van der Waals surface area (Å²) >= 11 is 0. The molecule has 3 fully saturated rings. The Labute approximate surface area is 218 Å². The Bertz CT molecular complexity index is 1290. The maximum Gasteiger partial charge on any atom is 0.573 e. The first kappa shape index (κ1) is 24.8. The van der Waals surface area contributed by atoms with Gasteiger partial charge in [-0.25, -0.2) is 14.6 Å². The van der Waals surface area contributed by atoms with E-state index in [-0.39, 0.29) is 17.6 Å². The van der Waals surface area contributed by atoms with E-state index in [0.717, 1.165) is 44.5 Å². The van der Waals surface area contributed by atoms with Gasteiger partial charge in [0.05, 0.1) is 16.9 Å². The Morgan fingerprint density at radius 3 is 2.34 bits per heavy atom. The second-order valence-corrected chi connectivity index (χ2v) is 10.2. The van der Waals surface area contributed by atoms with E-state index in [1.54, 1.807) is 23.1 Å². The largest absolute Gasteiger partial charge is 0.573 e. The average molecular weight is 527 g/mol. The van der Waals surface area contributed by atoms with Crippen molar-refractivity contribution in [3.63, 3.8) is 0 Å². The molecule has 2 aliphatic heterocycles. The van der Waals surface area contributed by atoms with Crippen LogP contribution in [0.3, 0.4) is 0 Å². The molecule has 0 spiro atoms. The number of hydrogen-bond donors (Lipinski definition) is 0. The van der Waals surface area contributed by atoms with Gasteiger partial charge in [0.25, 0.3) is 5.91 Å². The lowest BCUT2D eigenvalue weighted by Gasteiger charge is -2.36. The highest BCUT2D eigenvalue weighted by atomic mass is 19.4. The van der Waals surface area contributed by atoms with Crippen molar-refractivity contribution in [3.05, 3.63) is 54.2 Å². The molecule has 4 heterocycles. The molecule has 1 aromatic carbocycles. The highest BCUT2D eigenvalue weighted by molar-refractivity contribution is 6.01. The van der Waals surface area contributed by atoms with Crippen LogP contribution in [0, 0.1) is 0 Å². The van der Waals surface area contributed by atoms with Gasteiger partial charge in [0.1, 0.15) is 17.8 Å². The second kappa shape index (κ2) is 10.0. The number of amides is 1. The van der Waals surface area contributed by atoms with E-state index >= 15 is 0 Å². The first-order valence-electron chi connectivity index (χ1n) is 13.2. The summed E-state index contributed by atoms with van der Waals surface area (Å²) in [5.41, 5.74) is 2.65. The highest BCUT2D eigenvalue weighted by Gasteiger charge is 2.39. The monoisotopic (exact) mass is 526 g/mol. The van der Waals surface area contributed by atoms with Crippen molar-refractivity contribution < 1.29 is 22.7 Å². The Balaban J connectivity index is 1.38. The maximum absolute atomic E-state index is 14.1. The van der Waals surface area contributed by atoms with Gasteiger partial charge in [-0.1, -0.05) is 6.07 Å². The molecule has 0 atom stereocenters. The predicted octanol–water partition coefficient (Wildman–Crippen LogP) is 4.81. The number of nitrogens with zero attached hydrogens (tertiary/aromatic N) is 6. The van der Waals surface area contributed by atoms with E-state index in [9.17, 15) is 18.0 Å². The summed E-state index contributed by atoms with van der Waals surface area (Å²) in [6, 6.07) is 6.21. The third-order valence-corrected chi connectivity index (χ3v) is 7.64. The molecule has 0 bridgehead atoms. The maximum atomic E-state index is 14.1. The van der Waals surface area contributed by atoms with E-state index < -0.39 is 6.36 Å². The molecule has 0 N–H and O–H groups in total. The molecule has 11 heteroatoms. The standard InChI is InChI=1S/C27H29F3N6O2/c28-27(29,30)38-22-5-3-4-21(14-22)36-25(18-6-7-18)23(24(33-36)19-15-31-17-32-16-19)26(37)35-12-8-20(9-13-35)34-10-1-2-11-34/h3-5,14-18,20H,1-2,6-13H2. The van der Waals surface area contributed by atoms with Crippen LogP contribution in [0.5, 0.6) is 5.75 Å². The zero-order valence-corrected chi connectivity index (χ0v) is 20.9. The van der Waals surface area contributed by atoms with Gasteiger partial charge in [-0.3, -0.25) is 4.79 Å². The number of ether oxygens (including phenoxy) is 1. The topological polar surface area (TPSA) is 76.4 Å².